The number of Topliss-reactive ketones (excluding diaryl/α,β-unsaturated/α-hetero) is 1. The van der Waals surface area contributed by atoms with Crippen molar-refractivity contribution in [1.82, 2.24) is 0 Å². The fourth-order valence-corrected chi connectivity index (χ4v) is 3.10. The van der Waals surface area contributed by atoms with Gasteiger partial charge in [0, 0.05) is 11.3 Å². The third-order valence-corrected chi connectivity index (χ3v) is 4.54. The summed E-state index contributed by atoms with van der Waals surface area (Å²) in [7, 11) is 0. The van der Waals surface area contributed by atoms with Crippen LogP contribution in [-0.2, 0) is 17.6 Å². The number of hydrogen-bond donors (Lipinski definition) is 1. The Labute approximate surface area is 148 Å². The first-order valence-corrected chi connectivity index (χ1v) is 8.73. The second kappa shape index (κ2) is 7.51. The van der Waals surface area contributed by atoms with Crippen LogP contribution in [-0.4, -0.2) is 17.8 Å². The summed E-state index contributed by atoms with van der Waals surface area (Å²) < 4.78 is 5.81. The maximum atomic E-state index is 12.4. The molecule has 25 heavy (non-hydrogen) atoms. The summed E-state index contributed by atoms with van der Waals surface area (Å²) in [6.45, 7) is 3.23. The summed E-state index contributed by atoms with van der Waals surface area (Å²) in [6, 6.07) is 13.0. The van der Waals surface area contributed by atoms with Crippen molar-refractivity contribution in [3.8, 4) is 5.75 Å². The van der Waals surface area contributed by atoms with Crippen LogP contribution in [0.3, 0.4) is 0 Å². The quantitative estimate of drug-likeness (QED) is 0.833. The molecule has 2 aromatic carbocycles. The number of hydrogen-bond acceptors (Lipinski definition) is 3. The Morgan fingerprint density at radius 1 is 1.04 bits per heavy atom. The van der Waals surface area contributed by atoms with Crippen molar-refractivity contribution in [1.29, 1.82) is 0 Å². The molecule has 0 fully saturated rings. The van der Waals surface area contributed by atoms with Gasteiger partial charge in [0.1, 0.15) is 5.75 Å². The predicted octanol–water partition coefficient (Wildman–Crippen LogP) is 4.17. The zero-order valence-electron chi connectivity index (χ0n) is 14.7. The maximum Gasteiger partial charge on any atom is 0.265 e. The van der Waals surface area contributed by atoms with Gasteiger partial charge in [0.2, 0.25) is 0 Å². The third kappa shape index (κ3) is 4.27. The minimum atomic E-state index is -0.623. The topological polar surface area (TPSA) is 55.4 Å². The normalized spacial score (nSPS) is 14.3. The Balaban J connectivity index is 1.64. The largest absolute Gasteiger partial charge is 0.481 e. The Kier molecular flexibility index (Phi) is 5.17. The number of ether oxygens (including phenoxy) is 1. The summed E-state index contributed by atoms with van der Waals surface area (Å²) in [6.07, 6.45) is 4.02. The number of nitrogens with one attached hydrogen (secondary N) is 1. The number of amides is 1. The molecule has 4 heteroatoms. The average Bonchev–Trinajstić information content (AvgIpc) is 2.61. The fourth-order valence-electron chi connectivity index (χ4n) is 3.10. The van der Waals surface area contributed by atoms with Gasteiger partial charge in [-0.3, -0.25) is 9.59 Å². The molecule has 0 aromatic heterocycles. The van der Waals surface area contributed by atoms with Gasteiger partial charge in [0.05, 0.1) is 0 Å². The number of benzene rings is 2. The molecule has 1 aliphatic carbocycles. The van der Waals surface area contributed by atoms with Crippen LogP contribution in [0.5, 0.6) is 5.75 Å². The van der Waals surface area contributed by atoms with E-state index in [9.17, 15) is 9.59 Å². The van der Waals surface area contributed by atoms with Crippen molar-refractivity contribution in [2.24, 2.45) is 0 Å². The molecular formula is C21H23NO3. The van der Waals surface area contributed by atoms with Crippen molar-refractivity contribution in [2.75, 3.05) is 5.32 Å². The number of rotatable bonds is 5. The summed E-state index contributed by atoms with van der Waals surface area (Å²) in [5, 5.41) is 2.80. The Hall–Kier alpha value is -2.62. The van der Waals surface area contributed by atoms with Crippen LogP contribution in [0.15, 0.2) is 42.5 Å². The van der Waals surface area contributed by atoms with Crippen LogP contribution in [0, 0.1) is 0 Å². The first-order valence-electron chi connectivity index (χ1n) is 8.73. The second-order valence-electron chi connectivity index (χ2n) is 6.52. The molecule has 1 aliphatic rings. The number of ketones is 1. The van der Waals surface area contributed by atoms with Crippen molar-refractivity contribution in [3.63, 3.8) is 0 Å². The molecule has 0 saturated carbocycles. The van der Waals surface area contributed by atoms with Gasteiger partial charge in [-0.15, -0.1) is 0 Å². The SMILES string of the molecule is CC(=O)c1cccc(NC(=O)C(C)Oc2ccc3c(c2)CCCC3)c1. The molecule has 0 saturated heterocycles. The zero-order valence-corrected chi connectivity index (χ0v) is 14.7. The van der Waals surface area contributed by atoms with Crippen LogP contribution in [0.25, 0.3) is 0 Å². The van der Waals surface area contributed by atoms with E-state index in [0.29, 0.717) is 11.3 Å². The van der Waals surface area contributed by atoms with E-state index in [2.05, 4.69) is 17.4 Å². The monoisotopic (exact) mass is 337 g/mol. The lowest BCUT2D eigenvalue weighted by atomic mass is 9.92. The van der Waals surface area contributed by atoms with Crippen LogP contribution >= 0.6 is 0 Å². The Bertz CT molecular complexity index is 797. The Morgan fingerprint density at radius 2 is 1.80 bits per heavy atom. The van der Waals surface area contributed by atoms with Crippen LogP contribution in [0.1, 0.15) is 48.2 Å². The molecule has 0 aliphatic heterocycles. The highest BCUT2D eigenvalue weighted by Gasteiger charge is 2.17. The number of carbonyl (C=O) groups excluding carboxylic acids is 2. The van der Waals surface area contributed by atoms with E-state index >= 15 is 0 Å². The predicted molar refractivity (Wildman–Crippen MR) is 98.3 cm³/mol. The highest BCUT2D eigenvalue weighted by Crippen LogP contribution is 2.26. The molecule has 2 aromatic rings. The fraction of sp³-hybridized carbons (Fsp3) is 0.333. The van der Waals surface area contributed by atoms with Gasteiger partial charge in [0.25, 0.3) is 5.91 Å². The molecule has 3 rings (SSSR count). The molecule has 1 atom stereocenters. The van der Waals surface area contributed by atoms with Gasteiger partial charge in [0.15, 0.2) is 11.9 Å². The van der Waals surface area contributed by atoms with Crippen LogP contribution in [0.2, 0.25) is 0 Å². The van der Waals surface area contributed by atoms with Gasteiger partial charge >= 0.3 is 0 Å². The highest BCUT2D eigenvalue weighted by atomic mass is 16.5. The minimum absolute atomic E-state index is 0.0329. The van der Waals surface area contributed by atoms with E-state index < -0.39 is 6.10 Å². The zero-order chi connectivity index (χ0) is 17.8. The van der Waals surface area contributed by atoms with Crippen LogP contribution < -0.4 is 10.1 Å². The Morgan fingerprint density at radius 3 is 2.56 bits per heavy atom. The van der Waals surface area contributed by atoms with Crippen LogP contribution in [0.4, 0.5) is 5.69 Å². The first kappa shape index (κ1) is 17.2. The average molecular weight is 337 g/mol. The van der Waals surface area contributed by atoms with E-state index in [-0.39, 0.29) is 11.7 Å². The molecule has 1 amide bonds. The van der Waals surface area contributed by atoms with E-state index in [4.69, 9.17) is 4.74 Å². The summed E-state index contributed by atoms with van der Waals surface area (Å²) in [5.41, 5.74) is 3.88. The molecule has 1 N–H and O–H groups in total. The number of anilines is 1. The first-order chi connectivity index (χ1) is 12.0. The number of carbonyl (C=O) groups is 2. The summed E-state index contributed by atoms with van der Waals surface area (Å²) >= 11 is 0. The van der Waals surface area contributed by atoms with Gasteiger partial charge in [-0.2, -0.15) is 0 Å². The molecule has 0 radical (unpaired) electrons. The van der Waals surface area contributed by atoms with Gasteiger partial charge in [-0.1, -0.05) is 18.2 Å². The van der Waals surface area contributed by atoms with Crippen molar-refractivity contribution in [2.45, 2.75) is 45.6 Å². The summed E-state index contributed by atoms with van der Waals surface area (Å²) in [5.74, 6) is 0.452. The van der Waals surface area contributed by atoms with Gasteiger partial charge in [-0.05, 0) is 74.9 Å². The molecule has 1 unspecified atom stereocenters. The van der Waals surface area contributed by atoms with Gasteiger partial charge < -0.3 is 10.1 Å². The highest BCUT2D eigenvalue weighted by molar-refractivity contribution is 5.98. The molecular weight excluding hydrogens is 314 g/mol. The number of aryl methyl sites for hydroxylation is 2. The van der Waals surface area contributed by atoms with Crippen molar-refractivity contribution < 1.29 is 14.3 Å². The smallest absolute Gasteiger partial charge is 0.265 e. The van der Waals surface area contributed by atoms with Crippen molar-refractivity contribution in [3.05, 3.63) is 59.2 Å². The van der Waals surface area contributed by atoms with E-state index in [1.807, 2.05) is 6.07 Å². The molecule has 4 nitrogen and oxygen atoms in total. The van der Waals surface area contributed by atoms with E-state index in [0.717, 1.165) is 18.6 Å². The van der Waals surface area contributed by atoms with E-state index in [1.54, 1.807) is 31.2 Å². The lowest BCUT2D eigenvalue weighted by Crippen LogP contribution is -2.30. The molecule has 0 bridgehead atoms. The number of fused-ring (bicyclic) bond motifs is 1. The molecule has 0 spiro atoms. The maximum absolute atomic E-state index is 12.4. The molecule has 0 heterocycles. The van der Waals surface area contributed by atoms with Crippen molar-refractivity contribution >= 4 is 17.4 Å². The second-order valence-corrected chi connectivity index (χ2v) is 6.52. The lowest BCUT2D eigenvalue weighted by Gasteiger charge is -2.19. The lowest BCUT2D eigenvalue weighted by molar-refractivity contribution is -0.122. The minimum Gasteiger partial charge on any atom is -0.481 e. The van der Waals surface area contributed by atoms with E-state index in [1.165, 1.54) is 30.9 Å². The third-order valence-electron chi connectivity index (χ3n) is 4.54. The summed E-state index contributed by atoms with van der Waals surface area (Å²) in [4.78, 5) is 23.8. The van der Waals surface area contributed by atoms with Gasteiger partial charge in [-0.25, -0.2) is 0 Å². The standard InChI is InChI=1S/C21H23NO3/c1-14(23)17-8-5-9-19(12-17)22-21(24)15(2)25-20-11-10-16-6-3-4-7-18(16)13-20/h5,8-13,15H,3-4,6-7H2,1-2H3,(H,22,24). The molecule has 130 valence electrons.